The van der Waals surface area contributed by atoms with Crippen LogP contribution >= 0.6 is 0 Å². The second-order valence-electron chi connectivity index (χ2n) is 4.46. The SMILES string of the molecule is CCN1C(=O)CCC(N)C1c1cnn(CC)c1. The van der Waals surface area contributed by atoms with Gasteiger partial charge in [-0.25, -0.2) is 0 Å². The van der Waals surface area contributed by atoms with Gasteiger partial charge in [-0.2, -0.15) is 5.10 Å². The van der Waals surface area contributed by atoms with E-state index in [2.05, 4.69) is 5.10 Å². The van der Waals surface area contributed by atoms with E-state index in [4.69, 9.17) is 5.73 Å². The predicted octanol–water partition coefficient (Wildman–Crippen LogP) is 0.914. The summed E-state index contributed by atoms with van der Waals surface area (Å²) in [5.41, 5.74) is 7.21. The first-order chi connectivity index (χ1) is 8.17. The summed E-state index contributed by atoms with van der Waals surface area (Å²) >= 11 is 0. The topological polar surface area (TPSA) is 64.2 Å². The lowest BCUT2D eigenvalue weighted by Crippen LogP contribution is -2.48. The van der Waals surface area contributed by atoms with Gasteiger partial charge >= 0.3 is 0 Å². The Balaban J connectivity index is 2.28. The molecule has 2 rings (SSSR count). The number of amides is 1. The fourth-order valence-corrected chi connectivity index (χ4v) is 2.48. The molecule has 5 nitrogen and oxygen atoms in total. The minimum atomic E-state index is -0.0125. The van der Waals surface area contributed by atoms with Gasteiger partial charge in [0.05, 0.1) is 12.2 Å². The molecule has 0 bridgehead atoms. The van der Waals surface area contributed by atoms with E-state index >= 15 is 0 Å². The van der Waals surface area contributed by atoms with Crippen LogP contribution in [0.1, 0.15) is 38.3 Å². The fraction of sp³-hybridized carbons (Fsp3) is 0.667. The lowest BCUT2D eigenvalue weighted by Gasteiger charge is -2.38. The van der Waals surface area contributed by atoms with E-state index in [1.165, 1.54) is 0 Å². The minimum absolute atomic E-state index is 0.0125. The molecule has 1 saturated heterocycles. The Kier molecular flexibility index (Phi) is 3.47. The zero-order valence-corrected chi connectivity index (χ0v) is 10.5. The zero-order valence-electron chi connectivity index (χ0n) is 10.5. The summed E-state index contributed by atoms with van der Waals surface area (Å²) in [6, 6.07) is 0.00343. The van der Waals surface area contributed by atoms with Crippen LogP contribution in [0.25, 0.3) is 0 Å². The third kappa shape index (κ3) is 2.20. The molecule has 94 valence electrons. The van der Waals surface area contributed by atoms with Gasteiger partial charge < -0.3 is 10.6 Å². The molecular formula is C12H20N4O. The monoisotopic (exact) mass is 236 g/mol. The quantitative estimate of drug-likeness (QED) is 0.848. The molecule has 2 atom stereocenters. The highest BCUT2D eigenvalue weighted by Gasteiger charge is 2.34. The third-order valence-electron chi connectivity index (χ3n) is 3.41. The van der Waals surface area contributed by atoms with Crippen LogP contribution in [0.2, 0.25) is 0 Å². The lowest BCUT2D eigenvalue weighted by molar-refractivity contribution is -0.137. The average Bonchev–Trinajstić information content (AvgIpc) is 2.80. The first-order valence-electron chi connectivity index (χ1n) is 6.24. The molecule has 5 heteroatoms. The highest BCUT2D eigenvalue weighted by atomic mass is 16.2. The smallest absolute Gasteiger partial charge is 0.223 e. The fourth-order valence-electron chi connectivity index (χ4n) is 2.48. The number of rotatable bonds is 3. The van der Waals surface area contributed by atoms with Gasteiger partial charge in [0.25, 0.3) is 0 Å². The summed E-state index contributed by atoms with van der Waals surface area (Å²) in [5.74, 6) is 0.198. The Morgan fingerprint density at radius 2 is 2.24 bits per heavy atom. The molecular weight excluding hydrogens is 216 g/mol. The Hall–Kier alpha value is -1.36. The number of piperidine rings is 1. The van der Waals surface area contributed by atoms with Crippen molar-refractivity contribution in [3.63, 3.8) is 0 Å². The van der Waals surface area contributed by atoms with Crippen molar-refractivity contribution < 1.29 is 4.79 Å². The summed E-state index contributed by atoms with van der Waals surface area (Å²) < 4.78 is 1.87. The molecule has 0 aromatic carbocycles. The molecule has 1 aliphatic heterocycles. The van der Waals surface area contributed by atoms with Crippen LogP contribution in [-0.2, 0) is 11.3 Å². The summed E-state index contributed by atoms with van der Waals surface area (Å²) in [5, 5.41) is 4.26. The van der Waals surface area contributed by atoms with E-state index in [-0.39, 0.29) is 18.0 Å². The number of nitrogens with zero attached hydrogens (tertiary/aromatic N) is 3. The molecule has 0 spiro atoms. The van der Waals surface area contributed by atoms with Gasteiger partial charge in [-0.05, 0) is 20.3 Å². The van der Waals surface area contributed by atoms with E-state index in [1.807, 2.05) is 35.8 Å². The summed E-state index contributed by atoms with van der Waals surface area (Å²) in [6.07, 6.45) is 5.14. The highest BCUT2D eigenvalue weighted by Crippen LogP contribution is 2.30. The summed E-state index contributed by atoms with van der Waals surface area (Å²) in [6.45, 7) is 5.57. The minimum Gasteiger partial charge on any atom is -0.334 e. The van der Waals surface area contributed by atoms with E-state index in [0.29, 0.717) is 13.0 Å². The number of carbonyl (C=O) groups excluding carboxylic acids is 1. The van der Waals surface area contributed by atoms with Crippen LogP contribution in [0.4, 0.5) is 0 Å². The number of likely N-dealkylation sites (tertiary alicyclic amines) is 1. The van der Waals surface area contributed by atoms with Crippen molar-refractivity contribution in [1.29, 1.82) is 0 Å². The molecule has 1 aromatic heterocycles. The Bertz CT molecular complexity index is 401. The van der Waals surface area contributed by atoms with Crippen molar-refractivity contribution in [3.8, 4) is 0 Å². The molecule has 1 aromatic rings. The van der Waals surface area contributed by atoms with Gasteiger partial charge in [-0.15, -0.1) is 0 Å². The Morgan fingerprint density at radius 1 is 1.47 bits per heavy atom. The molecule has 2 unspecified atom stereocenters. The standard InChI is InChI=1S/C12H20N4O/c1-3-15-8-9(7-14-15)12-10(13)5-6-11(17)16(12)4-2/h7-8,10,12H,3-6,13H2,1-2H3. The highest BCUT2D eigenvalue weighted by molar-refractivity contribution is 5.77. The van der Waals surface area contributed by atoms with Crippen molar-refractivity contribution in [3.05, 3.63) is 18.0 Å². The lowest BCUT2D eigenvalue weighted by atomic mass is 9.92. The molecule has 17 heavy (non-hydrogen) atoms. The van der Waals surface area contributed by atoms with Crippen LogP contribution in [0.5, 0.6) is 0 Å². The van der Waals surface area contributed by atoms with E-state index in [0.717, 1.165) is 18.5 Å². The van der Waals surface area contributed by atoms with Gasteiger partial charge in [0.15, 0.2) is 0 Å². The first-order valence-corrected chi connectivity index (χ1v) is 6.24. The molecule has 0 radical (unpaired) electrons. The summed E-state index contributed by atoms with van der Waals surface area (Å²) in [4.78, 5) is 13.7. The van der Waals surface area contributed by atoms with Crippen molar-refractivity contribution in [1.82, 2.24) is 14.7 Å². The van der Waals surface area contributed by atoms with Gasteiger partial charge in [-0.1, -0.05) is 0 Å². The normalized spacial score (nSPS) is 25.4. The van der Waals surface area contributed by atoms with Crippen LogP contribution < -0.4 is 5.73 Å². The number of likely N-dealkylation sites (N-methyl/N-ethyl adjacent to an activating group) is 1. The summed E-state index contributed by atoms with van der Waals surface area (Å²) in [7, 11) is 0. The molecule has 2 heterocycles. The van der Waals surface area contributed by atoms with Crippen LogP contribution in [0, 0.1) is 0 Å². The number of aromatic nitrogens is 2. The first kappa shape index (κ1) is 12.1. The maximum absolute atomic E-state index is 11.9. The van der Waals surface area contributed by atoms with Gasteiger partial charge in [-0.3, -0.25) is 9.48 Å². The van der Waals surface area contributed by atoms with Crippen LogP contribution in [0.3, 0.4) is 0 Å². The maximum Gasteiger partial charge on any atom is 0.223 e. The largest absolute Gasteiger partial charge is 0.334 e. The van der Waals surface area contributed by atoms with E-state index in [1.54, 1.807) is 0 Å². The number of carbonyl (C=O) groups is 1. The average molecular weight is 236 g/mol. The second-order valence-corrected chi connectivity index (χ2v) is 4.46. The van der Waals surface area contributed by atoms with Crippen molar-refractivity contribution in [2.75, 3.05) is 6.54 Å². The van der Waals surface area contributed by atoms with Gasteiger partial charge in [0, 0.05) is 37.3 Å². The molecule has 1 fully saturated rings. The molecule has 1 amide bonds. The molecule has 1 aliphatic rings. The number of aryl methyl sites for hydroxylation is 1. The van der Waals surface area contributed by atoms with Crippen LogP contribution in [0.15, 0.2) is 12.4 Å². The van der Waals surface area contributed by atoms with Crippen molar-refractivity contribution in [2.24, 2.45) is 5.73 Å². The Morgan fingerprint density at radius 3 is 2.82 bits per heavy atom. The zero-order chi connectivity index (χ0) is 12.4. The molecule has 2 N–H and O–H groups in total. The van der Waals surface area contributed by atoms with Gasteiger partial charge in [0.2, 0.25) is 5.91 Å². The number of nitrogens with two attached hydrogens (primary N) is 1. The van der Waals surface area contributed by atoms with Crippen molar-refractivity contribution >= 4 is 5.91 Å². The van der Waals surface area contributed by atoms with E-state index < -0.39 is 0 Å². The molecule has 0 aliphatic carbocycles. The number of hydrogen-bond acceptors (Lipinski definition) is 3. The predicted molar refractivity (Wildman–Crippen MR) is 65.2 cm³/mol. The third-order valence-corrected chi connectivity index (χ3v) is 3.41. The molecule has 0 saturated carbocycles. The second kappa shape index (κ2) is 4.87. The van der Waals surface area contributed by atoms with E-state index in [9.17, 15) is 4.79 Å². The van der Waals surface area contributed by atoms with Crippen molar-refractivity contribution in [2.45, 2.75) is 45.3 Å². The van der Waals surface area contributed by atoms with Crippen LogP contribution in [-0.4, -0.2) is 33.2 Å². The maximum atomic E-state index is 11.9. The number of hydrogen-bond donors (Lipinski definition) is 1. The Labute approximate surface area is 102 Å². The van der Waals surface area contributed by atoms with Gasteiger partial charge in [0.1, 0.15) is 0 Å².